The molecule has 0 aromatic carbocycles. The van der Waals surface area contributed by atoms with Crippen molar-refractivity contribution in [2.24, 2.45) is 10.8 Å². The van der Waals surface area contributed by atoms with Crippen molar-refractivity contribution in [1.82, 2.24) is 0 Å². The number of hydrogen-bond acceptors (Lipinski definition) is 2. The first-order chi connectivity index (χ1) is 7.83. The molecule has 2 heteroatoms. The molecule has 0 saturated carbocycles. The van der Waals surface area contributed by atoms with Gasteiger partial charge in [0.1, 0.15) is 5.78 Å². The number of hydrogen-bond donors (Lipinski definition) is 0. The number of carbonyl (C=O) groups excluding carboxylic acids is 2. The van der Waals surface area contributed by atoms with Gasteiger partial charge in [-0.15, -0.1) is 0 Å². The highest BCUT2D eigenvalue weighted by molar-refractivity contribution is 5.87. The van der Waals surface area contributed by atoms with Crippen LogP contribution in [0.5, 0.6) is 0 Å². The van der Waals surface area contributed by atoms with Crippen molar-refractivity contribution in [3.63, 3.8) is 0 Å². The van der Waals surface area contributed by atoms with Crippen LogP contribution in [0.1, 0.15) is 68.2 Å². The highest BCUT2D eigenvalue weighted by atomic mass is 16.1. The Hall–Kier alpha value is -0.920. The molecule has 0 radical (unpaired) electrons. The summed E-state index contributed by atoms with van der Waals surface area (Å²) < 4.78 is 0. The van der Waals surface area contributed by atoms with Crippen molar-refractivity contribution >= 4 is 11.6 Å². The molecule has 0 aromatic heterocycles. The first-order valence-electron chi connectivity index (χ1n) is 6.53. The van der Waals surface area contributed by atoms with E-state index in [0.717, 1.165) is 12.8 Å². The Morgan fingerprint density at radius 2 is 1.39 bits per heavy atom. The van der Waals surface area contributed by atoms with Gasteiger partial charge >= 0.3 is 0 Å². The SMILES string of the molecule is CC(=O)/C=C/C(C)(C)C.CC(=O)CCC(C)(C)C. The second-order valence-electron chi connectivity index (χ2n) is 7.07. The lowest BCUT2D eigenvalue weighted by Gasteiger charge is -2.15. The Bertz CT molecular complexity index is 285. The summed E-state index contributed by atoms with van der Waals surface area (Å²) in [7, 11) is 0. The predicted octanol–water partition coefficient (Wildman–Crippen LogP) is 4.58. The lowest BCUT2D eigenvalue weighted by molar-refractivity contribution is -0.117. The smallest absolute Gasteiger partial charge is 0.152 e. The van der Waals surface area contributed by atoms with E-state index < -0.39 is 0 Å². The van der Waals surface area contributed by atoms with Gasteiger partial charge in [0.05, 0.1) is 0 Å². The molecule has 0 fully saturated rings. The molecule has 0 bridgehead atoms. The summed E-state index contributed by atoms with van der Waals surface area (Å²) in [5.74, 6) is 0.412. The van der Waals surface area contributed by atoms with Crippen LogP contribution in [0.15, 0.2) is 12.2 Å². The van der Waals surface area contributed by atoms with Crippen molar-refractivity contribution in [1.29, 1.82) is 0 Å². The molecule has 2 nitrogen and oxygen atoms in total. The van der Waals surface area contributed by atoms with Gasteiger partial charge in [-0.3, -0.25) is 4.79 Å². The molecule has 0 unspecified atom stereocenters. The maximum absolute atomic E-state index is 10.5. The van der Waals surface area contributed by atoms with Crippen molar-refractivity contribution in [2.75, 3.05) is 0 Å². The molecule has 0 aromatic rings. The van der Waals surface area contributed by atoms with Gasteiger partial charge < -0.3 is 4.79 Å². The molecule has 0 amide bonds. The Balaban J connectivity index is 0. The second kappa shape index (κ2) is 8.23. The minimum atomic E-state index is 0.116. The van der Waals surface area contributed by atoms with Crippen LogP contribution < -0.4 is 0 Å². The van der Waals surface area contributed by atoms with Crippen molar-refractivity contribution in [3.8, 4) is 0 Å². The zero-order valence-corrected chi connectivity index (χ0v) is 13.4. The molecule has 0 aliphatic heterocycles. The topological polar surface area (TPSA) is 34.1 Å². The highest BCUT2D eigenvalue weighted by Gasteiger charge is 2.10. The van der Waals surface area contributed by atoms with E-state index in [1.807, 2.05) is 6.08 Å². The van der Waals surface area contributed by atoms with Crippen molar-refractivity contribution in [3.05, 3.63) is 12.2 Å². The van der Waals surface area contributed by atoms with Crippen LogP contribution in [-0.4, -0.2) is 11.6 Å². The highest BCUT2D eigenvalue weighted by Crippen LogP contribution is 2.20. The molecule has 0 N–H and O–H groups in total. The molecule has 0 aliphatic carbocycles. The molecular formula is C16H30O2. The lowest BCUT2D eigenvalue weighted by Crippen LogP contribution is -2.06. The minimum absolute atomic E-state index is 0.116. The van der Waals surface area contributed by atoms with Crippen LogP contribution in [0.2, 0.25) is 0 Å². The Morgan fingerprint density at radius 1 is 0.944 bits per heavy atom. The quantitative estimate of drug-likeness (QED) is 0.691. The molecule has 106 valence electrons. The summed E-state index contributed by atoms with van der Waals surface area (Å²) >= 11 is 0. The summed E-state index contributed by atoms with van der Waals surface area (Å²) in [5, 5.41) is 0. The standard InChI is InChI=1S/C8H16O.C8H14O/c2*1-7(9)5-6-8(2,3)4/h5-6H2,1-4H3;5-6H,1-4H3/b;6-5+. The third-order valence-corrected chi connectivity index (χ3v) is 2.05. The molecule has 0 atom stereocenters. The van der Waals surface area contributed by atoms with E-state index in [-0.39, 0.29) is 11.2 Å². The van der Waals surface area contributed by atoms with Gasteiger partial charge in [-0.1, -0.05) is 47.6 Å². The van der Waals surface area contributed by atoms with Crippen LogP contribution in [-0.2, 0) is 9.59 Å². The van der Waals surface area contributed by atoms with Gasteiger partial charge in [-0.25, -0.2) is 0 Å². The Kier molecular flexibility index (Phi) is 8.88. The average Bonchev–Trinajstić information content (AvgIpc) is 2.10. The van der Waals surface area contributed by atoms with E-state index in [0.29, 0.717) is 11.2 Å². The van der Waals surface area contributed by atoms with Gasteiger partial charge in [0.15, 0.2) is 5.78 Å². The third-order valence-electron chi connectivity index (χ3n) is 2.05. The zero-order valence-electron chi connectivity index (χ0n) is 13.4. The fraction of sp³-hybridized carbons (Fsp3) is 0.750. The summed E-state index contributed by atoms with van der Waals surface area (Å²) in [6.45, 7) is 15.8. The molecule has 0 spiro atoms. The average molecular weight is 254 g/mol. The number of ketones is 2. The summed E-state index contributed by atoms with van der Waals surface area (Å²) in [4.78, 5) is 20.9. The molecular weight excluding hydrogens is 224 g/mol. The van der Waals surface area contributed by atoms with Gasteiger partial charge in [-0.2, -0.15) is 0 Å². The molecule has 18 heavy (non-hydrogen) atoms. The van der Waals surface area contributed by atoms with E-state index >= 15 is 0 Å². The fourth-order valence-electron chi connectivity index (χ4n) is 0.918. The number of carbonyl (C=O) groups is 2. The van der Waals surface area contributed by atoms with E-state index in [1.54, 1.807) is 19.9 Å². The third kappa shape index (κ3) is 24.4. The molecule has 0 heterocycles. The van der Waals surface area contributed by atoms with Crippen LogP contribution >= 0.6 is 0 Å². The molecule has 0 aliphatic rings. The van der Waals surface area contributed by atoms with Gasteiger partial charge in [0, 0.05) is 6.42 Å². The normalized spacial score (nSPS) is 12.0. The predicted molar refractivity (Wildman–Crippen MR) is 78.6 cm³/mol. The second-order valence-corrected chi connectivity index (χ2v) is 7.07. The monoisotopic (exact) mass is 254 g/mol. The Labute approximate surface area is 113 Å². The van der Waals surface area contributed by atoms with Crippen molar-refractivity contribution in [2.45, 2.75) is 68.2 Å². The number of allylic oxidation sites excluding steroid dienone is 2. The molecule has 0 saturated heterocycles. The maximum atomic E-state index is 10.5. The molecule has 0 rings (SSSR count). The maximum Gasteiger partial charge on any atom is 0.152 e. The van der Waals surface area contributed by atoms with Gasteiger partial charge in [0.2, 0.25) is 0 Å². The van der Waals surface area contributed by atoms with Gasteiger partial charge in [-0.05, 0) is 37.2 Å². The van der Waals surface area contributed by atoms with Crippen LogP contribution in [0.25, 0.3) is 0 Å². The Morgan fingerprint density at radius 3 is 1.50 bits per heavy atom. The van der Waals surface area contributed by atoms with E-state index in [4.69, 9.17) is 0 Å². The van der Waals surface area contributed by atoms with E-state index in [2.05, 4.69) is 41.5 Å². The summed E-state index contributed by atoms with van der Waals surface area (Å²) in [5.41, 5.74) is 0.442. The van der Waals surface area contributed by atoms with E-state index in [1.165, 1.54) is 0 Å². The lowest BCUT2D eigenvalue weighted by atomic mass is 9.90. The minimum Gasteiger partial charge on any atom is -0.300 e. The van der Waals surface area contributed by atoms with Crippen LogP contribution in [0, 0.1) is 10.8 Å². The first kappa shape index (κ1) is 19.4. The van der Waals surface area contributed by atoms with Gasteiger partial charge in [0.25, 0.3) is 0 Å². The van der Waals surface area contributed by atoms with Crippen molar-refractivity contribution < 1.29 is 9.59 Å². The number of Topliss-reactive ketones (excluding diaryl/α,β-unsaturated/α-hetero) is 1. The van der Waals surface area contributed by atoms with Crippen LogP contribution in [0.4, 0.5) is 0 Å². The largest absolute Gasteiger partial charge is 0.300 e. The zero-order chi connectivity index (χ0) is 15.0. The summed E-state index contributed by atoms with van der Waals surface area (Å²) in [6, 6.07) is 0. The van der Waals surface area contributed by atoms with E-state index in [9.17, 15) is 9.59 Å². The fourth-order valence-corrected chi connectivity index (χ4v) is 0.918. The van der Waals surface area contributed by atoms with Crippen LogP contribution in [0.3, 0.4) is 0 Å². The number of rotatable bonds is 3. The summed E-state index contributed by atoms with van der Waals surface area (Å²) in [6.07, 6.45) is 5.25. The first-order valence-corrected chi connectivity index (χ1v) is 6.53.